The second-order valence-electron chi connectivity index (χ2n) is 9.61. The molecule has 0 saturated carbocycles. The standard InChI is InChI=1S/C28H31N7O3S/c29-9-2-1-3-21-17-35(33-32-21)22-6-7-23(26(16-22)38-14-12-34-11-10-30-28(34)36)27-31-24(18-39-27)20-5-4-19-8-13-37-25(19)15-20/h4-7,15-18H,1-3,8-14,29H2,(H,30,36). The van der Waals surface area contributed by atoms with Gasteiger partial charge in [0, 0.05) is 36.5 Å². The van der Waals surface area contributed by atoms with Crippen molar-refractivity contribution in [1.29, 1.82) is 0 Å². The maximum Gasteiger partial charge on any atom is 0.317 e. The van der Waals surface area contributed by atoms with E-state index in [0.717, 1.165) is 71.2 Å². The summed E-state index contributed by atoms with van der Waals surface area (Å²) in [7, 11) is 0. The third-order valence-corrected chi connectivity index (χ3v) is 7.82. The van der Waals surface area contributed by atoms with Crippen LogP contribution in [0.4, 0.5) is 4.79 Å². The number of urea groups is 1. The minimum Gasteiger partial charge on any atom is -0.493 e. The summed E-state index contributed by atoms with van der Waals surface area (Å²) >= 11 is 1.57. The lowest BCUT2D eigenvalue weighted by Gasteiger charge is -2.16. The van der Waals surface area contributed by atoms with Crippen molar-refractivity contribution in [3.63, 3.8) is 0 Å². The van der Waals surface area contributed by atoms with E-state index in [-0.39, 0.29) is 6.03 Å². The van der Waals surface area contributed by atoms with Gasteiger partial charge >= 0.3 is 6.03 Å². The van der Waals surface area contributed by atoms with Gasteiger partial charge in [0.05, 0.1) is 42.0 Å². The minimum atomic E-state index is -0.0553. The van der Waals surface area contributed by atoms with Crippen molar-refractivity contribution in [3.05, 3.63) is 59.2 Å². The van der Waals surface area contributed by atoms with Gasteiger partial charge in [0.25, 0.3) is 0 Å². The summed E-state index contributed by atoms with van der Waals surface area (Å²) in [6, 6.07) is 12.2. The number of hydrogen-bond donors (Lipinski definition) is 2. The predicted octanol–water partition coefficient (Wildman–Crippen LogP) is 3.68. The van der Waals surface area contributed by atoms with Gasteiger partial charge < -0.3 is 25.4 Å². The van der Waals surface area contributed by atoms with E-state index >= 15 is 0 Å². The number of fused-ring (bicyclic) bond motifs is 1. The largest absolute Gasteiger partial charge is 0.493 e. The van der Waals surface area contributed by atoms with Gasteiger partial charge in [-0.25, -0.2) is 14.5 Å². The molecule has 4 aromatic rings. The number of carbonyl (C=O) groups excluding carboxylic acids is 1. The number of aryl methyl sites for hydroxylation is 1. The molecule has 11 heteroatoms. The van der Waals surface area contributed by atoms with E-state index in [0.29, 0.717) is 38.5 Å². The highest BCUT2D eigenvalue weighted by Crippen LogP contribution is 2.37. The molecule has 39 heavy (non-hydrogen) atoms. The first-order chi connectivity index (χ1) is 19.2. The summed E-state index contributed by atoms with van der Waals surface area (Å²) in [4.78, 5) is 18.7. The first-order valence-electron chi connectivity index (χ1n) is 13.3. The predicted molar refractivity (Wildman–Crippen MR) is 150 cm³/mol. The SMILES string of the molecule is NCCCCc1cn(-c2ccc(-c3nc(-c4ccc5c(c4)OCC5)cs3)c(OCCN3CCNC3=O)c2)nn1. The number of hydrogen-bond acceptors (Lipinski definition) is 8. The van der Waals surface area contributed by atoms with Crippen LogP contribution < -0.4 is 20.5 Å². The fourth-order valence-corrected chi connectivity index (χ4v) is 5.64. The third-order valence-electron chi connectivity index (χ3n) is 6.95. The van der Waals surface area contributed by atoms with Crippen molar-refractivity contribution < 1.29 is 14.3 Å². The lowest BCUT2D eigenvalue weighted by Crippen LogP contribution is -2.31. The number of nitrogens with two attached hydrogens (primary N) is 1. The summed E-state index contributed by atoms with van der Waals surface area (Å²) in [5, 5.41) is 14.4. The van der Waals surface area contributed by atoms with Gasteiger partial charge in [-0.3, -0.25) is 0 Å². The van der Waals surface area contributed by atoms with E-state index in [1.165, 1.54) is 5.56 Å². The Balaban J connectivity index is 1.26. The van der Waals surface area contributed by atoms with Crippen LogP contribution >= 0.6 is 11.3 Å². The molecular formula is C28H31N7O3S. The van der Waals surface area contributed by atoms with Gasteiger partial charge in [-0.05, 0) is 49.6 Å². The number of nitrogens with one attached hydrogen (secondary N) is 1. The van der Waals surface area contributed by atoms with Gasteiger partial charge in [0.2, 0.25) is 0 Å². The van der Waals surface area contributed by atoms with E-state index in [1.54, 1.807) is 20.9 Å². The first-order valence-corrected chi connectivity index (χ1v) is 14.2. The number of thiazole rings is 1. The van der Waals surface area contributed by atoms with Crippen LogP contribution in [-0.2, 0) is 12.8 Å². The molecule has 4 heterocycles. The lowest BCUT2D eigenvalue weighted by atomic mass is 10.1. The number of nitrogens with zero attached hydrogens (tertiary/aromatic N) is 5. The van der Waals surface area contributed by atoms with Crippen molar-refractivity contribution in [2.45, 2.75) is 25.7 Å². The zero-order valence-corrected chi connectivity index (χ0v) is 22.5. The molecule has 2 aliphatic heterocycles. The smallest absolute Gasteiger partial charge is 0.317 e. The minimum absolute atomic E-state index is 0.0553. The molecule has 0 atom stereocenters. The molecule has 2 aliphatic rings. The number of rotatable bonds is 11. The van der Waals surface area contributed by atoms with E-state index in [2.05, 4.69) is 39.2 Å². The molecule has 1 fully saturated rings. The molecule has 10 nitrogen and oxygen atoms in total. The van der Waals surface area contributed by atoms with Crippen molar-refractivity contribution in [3.8, 4) is 39.0 Å². The summed E-state index contributed by atoms with van der Waals surface area (Å²) < 4.78 is 13.8. The number of amides is 2. The highest BCUT2D eigenvalue weighted by molar-refractivity contribution is 7.13. The molecule has 0 radical (unpaired) electrons. The Labute approximate surface area is 230 Å². The van der Waals surface area contributed by atoms with Crippen molar-refractivity contribution in [2.75, 3.05) is 39.4 Å². The van der Waals surface area contributed by atoms with Crippen LogP contribution in [0.25, 0.3) is 27.5 Å². The second kappa shape index (κ2) is 11.4. The number of carbonyl (C=O) groups is 1. The van der Waals surface area contributed by atoms with Gasteiger partial charge in [-0.15, -0.1) is 16.4 Å². The van der Waals surface area contributed by atoms with Crippen molar-refractivity contribution >= 4 is 17.4 Å². The Morgan fingerprint density at radius 2 is 2.13 bits per heavy atom. The molecule has 3 N–H and O–H groups in total. The molecule has 2 aromatic carbocycles. The number of ether oxygens (including phenoxy) is 2. The van der Waals surface area contributed by atoms with Gasteiger partial charge in [-0.1, -0.05) is 17.3 Å². The van der Waals surface area contributed by atoms with E-state index in [1.807, 2.05) is 24.4 Å². The zero-order chi connectivity index (χ0) is 26.6. The lowest BCUT2D eigenvalue weighted by molar-refractivity contribution is 0.203. The summed E-state index contributed by atoms with van der Waals surface area (Å²) in [5.41, 5.74) is 11.5. The van der Waals surface area contributed by atoms with Crippen molar-refractivity contribution in [1.82, 2.24) is 30.2 Å². The van der Waals surface area contributed by atoms with Crippen LogP contribution in [0.5, 0.6) is 11.5 Å². The highest BCUT2D eigenvalue weighted by atomic mass is 32.1. The Bertz CT molecular complexity index is 1470. The average molecular weight is 546 g/mol. The fourth-order valence-electron chi connectivity index (χ4n) is 4.79. The van der Waals surface area contributed by atoms with Crippen LogP contribution in [0.1, 0.15) is 24.1 Å². The molecule has 0 spiro atoms. The molecule has 0 aliphatic carbocycles. The maximum atomic E-state index is 12.0. The monoisotopic (exact) mass is 545 g/mol. The summed E-state index contributed by atoms with van der Waals surface area (Å²) in [6.45, 7) is 3.62. The van der Waals surface area contributed by atoms with Crippen LogP contribution in [0.3, 0.4) is 0 Å². The number of benzene rings is 2. The van der Waals surface area contributed by atoms with E-state index in [9.17, 15) is 4.79 Å². The van der Waals surface area contributed by atoms with Crippen LogP contribution in [-0.4, -0.2) is 70.3 Å². The topological polar surface area (TPSA) is 120 Å². The Morgan fingerprint density at radius 1 is 1.18 bits per heavy atom. The highest BCUT2D eigenvalue weighted by Gasteiger charge is 2.20. The Morgan fingerprint density at radius 3 is 3.00 bits per heavy atom. The Hall–Kier alpha value is -3.96. The quantitative estimate of drug-likeness (QED) is 0.276. The first kappa shape index (κ1) is 25.3. The maximum absolute atomic E-state index is 12.0. The molecule has 6 rings (SSSR count). The number of aromatic nitrogens is 4. The van der Waals surface area contributed by atoms with E-state index in [4.69, 9.17) is 20.2 Å². The molecule has 2 amide bonds. The van der Waals surface area contributed by atoms with E-state index < -0.39 is 0 Å². The molecule has 0 bridgehead atoms. The van der Waals surface area contributed by atoms with Crippen LogP contribution in [0.15, 0.2) is 48.0 Å². The molecule has 2 aromatic heterocycles. The van der Waals surface area contributed by atoms with Gasteiger partial charge in [0.1, 0.15) is 23.1 Å². The molecule has 1 saturated heterocycles. The Kier molecular flexibility index (Phi) is 7.42. The van der Waals surface area contributed by atoms with Crippen LogP contribution in [0.2, 0.25) is 0 Å². The third kappa shape index (κ3) is 5.59. The second-order valence-corrected chi connectivity index (χ2v) is 10.5. The van der Waals surface area contributed by atoms with Gasteiger partial charge in [-0.2, -0.15) is 0 Å². The molecular weight excluding hydrogens is 514 g/mol. The zero-order valence-electron chi connectivity index (χ0n) is 21.6. The normalized spacial score (nSPS) is 14.4. The van der Waals surface area contributed by atoms with Crippen molar-refractivity contribution in [2.24, 2.45) is 5.73 Å². The average Bonchev–Trinajstić information content (AvgIpc) is 3.76. The van der Waals surface area contributed by atoms with Crippen LogP contribution in [0, 0.1) is 0 Å². The summed E-state index contributed by atoms with van der Waals surface area (Å²) in [6.07, 6.45) is 5.68. The fraction of sp³-hybridized carbons (Fsp3) is 0.357. The summed E-state index contributed by atoms with van der Waals surface area (Å²) in [5.74, 6) is 1.63. The van der Waals surface area contributed by atoms with Gasteiger partial charge in [0.15, 0.2) is 0 Å². The molecule has 202 valence electrons. The number of unbranched alkanes of at least 4 members (excludes halogenated alkanes) is 1. The molecule has 0 unspecified atom stereocenters.